The molecule has 0 aromatic rings. The molecule has 2 aliphatic carbocycles. The standard InChI is InChI=1S/C16H30N2O/c1-14(2,17)8-7-12(19)18-13-15(3,4)11-6-9-16(13,5)10-11/h11,13H,6-10,17H2,1-5H3,(H,18,19). The molecule has 0 aromatic heterocycles. The van der Waals surface area contributed by atoms with Crippen LogP contribution in [0.4, 0.5) is 0 Å². The summed E-state index contributed by atoms with van der Waals surface area (Å²) in [7, 11) is 0. The van der Waals surface area contributed by atoms with Crippen LogP contribution in [0.3, 0.4) is 0 Å². The van der Waals surface area contributed by atoms with Crippen molar-refractivity contribution in [3.8, 4) is 0 Å². The second kappa shape index (κ2) is 4.47. The monoisotopic (exact) mass is 266 g/mol. The van der Waals surface area contributed by atoms with Crippen molar-refractivity contribution in [1.82, 2.24) is 5.32 Å². The molecule has 0 spiro atoms. The summed E-state index contributed by atoms with van der Waals surface area (Å²) < 4.78 is 0. The Bertz CT molecular complexity index is 365. The van der Waals surface area contributed by atoms with Crippen LogP contribution >= 0.6 is 0 Å². The molecule has 0 aromatic carbocycles. The maximum absolute atomic E-state index is 12.2. The number of nitrogens with one attached hydrogen (secondary N) is 1. The molecule has 2 rings (SSSR count). The topological polar surface area (TPSA) is 55.1 Å². The molecular formula is C16H30N2O. The lowest BCUT2D eigenvalue weighted by molar-refractivity contribution is -0.124. The van der Waals surface area contributed by atoms with E-state index in [1.807, 2.05) is 13.8 Å². The van der Waals surface area contributed by atoms with Gasteiger partial charge in [0.25, 0.3) is 0 Å². The van der Waals surface area contributed by atoms with Gasteiger partial charge in [0.1, 0.15) is 0 Å². The van der Waals surface area contributed by atoms with Gasteiger partial charge in [-0.25, -0.2) is 0 Å². The predicted octanol–water partition coefficient (Wildman–Crippen LogP) is 2.83. The molecule has 110 valence electrons. The summed E-state index contributed by atoms with van der Waals surface area (Å²) in [6.45, 7) is 10.9. The molecule has 3 unspecified atom stereocenters. The Morgan fingerprint density at radius 2 is 2.00 bits per heavy atom. The molecule has 3 N–H and O–H groups in total. The van der Waals surface area contributed by atoms with Gasteiger partial charge in [-0.15, -0.1) is 0 Å². The number of amides is 1. The number of carbonyl (C=O) groups excluding carboxylic acids is 1. The van der Waals surface area contributed by atoms with E-state index in [2.05, 4.69) is 26.1 Å². The summed E-state index contributed by atoms with van der Waals surface area (Å²) in [5.41, 5.74) is 6.24. The number of hydrogen-bond donors (Lipinski definition) is 2. The third kappa shape index (κ3) is 2.81. The summed E-state index contributed by atoms with van der Waals surface area (Å²) in [4.78, 5) is 12.2. The van der Waals surface area contributed by atoms with E-state index in [-0.39, 0.29) is 16.9 Å². The predicted molar refractivity (Wildman–Crippen MR) is 78.7 cm³/mol. The highest BCUT2D eigenvalue weighted by Crippen LogP contribution is 2.62. The highest BCUT2D eigenvalue weighted by molar-refractivity contribution is 5.76. The Balaban J connectivity index is 1.97. The Labute approximate surface area is 117 Å². The zero-order valence-electron chi connectivity index (χ0n) is 13.2. The Morgan fingerprint density at radius 3 is 2.47 bits per heavy atom. The minimum Gasteiger partial charge on any atom is -0.352 e. The molecule has 19 heavy (non-hydrogen) atoms. The van der Waals surface area contributed by atoms with Crippen molar-refractivity contribution in [2.45, 2.75) is 78.3 Å². The first kappa shape index (κ1) is 14.8. The molecule has 0 heterocycles. The van der Waals surface area contributed by atoms with Crippen LogP contribution in [-0.4, -0.2) is 17.5 Å². The lowest BCUT2D eigenvalue weighted by atomic mass is 9.68. The van der Waals surface area contributed by atoms with E-state index in [1.54, 1.807) is 0 Å². The normalized spacial score (nSPS) is 36.5. The van der Waals surface area contributed by atoms with Gasteiger partial charge in [0.05, 0.1) is 0 Å². The van der Waals surface area contributed by atoms with Crippen LogP contribution in [0.2, 0.25) is 0 Å². The van der Waals surface area contributed by atoms with Crippen LogP contribution in [0.1, 0.15) is 66.7 Å². The van der Waals surface area contributed by atoms with E-state index in [0.717, 1.165) is 12.3 Å². The molecule has 2 aliphatic rings. The highest BCUT2D eigenvalue weighted by atomic mass is 16.1. The van der Waals surface area contributed by atoms with Gasteiger partial charge in [-0.2, -0.15) is 0 Å². The molecule has 0 aliphatic heterocycles. The minimum absolute atomic E-state index is 0.172. The van der Waals surface area contributed by atoms with E-state index >= 15 is 0 Å². The molecule has 2 saturated carbocycles. The number of hydrogen-bond acceptors (Lipinski definition) is 2. The van der Waals surface area contributed by atoms with Gasteiger partial charge in [-0.05, 0) is 56.3 Å². The summed E-state index contributed by atoms with van der Waals surface area (Å²) >= 11 is 0. The highest BCUT2D eigenvalue weighted by Gasteiger charge is 2.59. The Morgan fingerprint density at radius 1 is 1.37 bits per heavy atom. The number of carbonyl (C=O) groups is 1. The molecule has 0 radical (unpaired) electrons. The summed E-state index contributed by atoms with van der Waals surface area (Å²) in [6, 6.07) is 0.326. The van der Waals surface area contributed by atoms with Crippen molar-refractivity contribution >= 4 is 5.91 Å². The summed E-state index contributed by atoms with van der Waals surface area (Å²) in [5.74, 6) is 0.944. The van der Waals surface area contributed by atoms with Crippen LogP contribution in [0.15, 0.2) is 0 Å². The van der Waals surface area contributed by atoms with Crippen LogP contribution in [0.5, 0.6) is 0 Å². The van der Waals surface area contributed by atoms with Gasteiger partial charge < -0.3 is 11.1 Å². The van der Waals surface area contributed by atoms with E-state index in [0.29, 0.717) is 17.9 Å². The zero-order chi connectivity index (χ0) is 14.5. The van der Waals surface area contributed by atoms with Crippen LogP contribution in [0, 0.1) is 16.7 Å². The molecule has 0 saturated heterocycles. The van der Waals surface area contributed by atoms with Gasteiger partial charge >= 0.3 is 0 Å². The first-order valence-corrected chi connectivity index (χ1v) is 7.63. The van der Waals surface area contributed by atoms with Crippen molar-refractivity contribution in [3.63, 3.8) is 0 Å². The lowest BCUT2D eigenvalue weighted by Gasteiger charge is -2.43. The second-order valence-corrected chi connectivity index (χ2v) is 8.40. The maximum atomic E-state index is 12.2. The van der Waals surface area contributed by atoms with Crippen LogP contribution < -0.4 is 11.1 Å². The minimum atomic E-state index is -0.258. The van der Waals surface area contributed by atoms with E-state index in [4.69, 9.17) is 5.73 Å². The van der Waals surface area contributed by atoms with Crippen LogP contribution in [-0.2, 0) is 4.79 Å². The maximum Gasteiger partial charge on any atom is 0.220 e. The van der Waals surface area contributed by atoms with E-state index in [1.165, 1.54) is 19.3 Å². The third-order valence-corrected chi connectivity index (χ3v) is 5.57. The fourth-order valence-electron chi connectivity index (χ4n) is 4.33. The van der Waals surface area contributed by atoms with Crippen molar-refractivity contribution in [2.24, 2.45) is 22.5 Å². The zero-order valence-corrected chi connectivity index (χ0v) is 13.2. The average molecular weight is 266 g/mol. The van der Waals surface area contributed by atoms with Gasteiger partial charge in [-0.3, -0.25) is 4.79 Å². The quantitative estimate of drug-likeness (QED) is 0.822. The largest absolute Gasteiger partial charge is 0.352 e. The molecule has 1 amide bonds. The Hall–Kier alpha value is -0.570. The molecule has 2 fully saturated rings. The number of rotatable bonds is 4. The summed E-state index contributed by atoms with van der Waals surface area (Å²) in [6.07, 6.45) is 5.14. The third-order valence-electron chi connectivity index (χ3n) is 5.57. The SMILES string of the molecule is CC(C)(N)CCC(=O)NC1C2(C)CCC(C2)C1(C)C. The summed E-state index contributed by atoms with van der Waals surface area (Å²) in [5, 5.41) is 3.32. The van der Waals surface area contributed by atoms with Crippen molar-refractivity contribution in [2.75, 3.05) is 0 Å². The van der Waals surface area contributed by atoms with Crippen molar-refractivity contribution in [1.29, 1.82) is 0 Å². The van der Waals surface area contributed by atoms with Crippen molar-refractivity contribution in [3.05, 3.63) is 0 Å². The van der Waals surface area contributed by atoms with Gasteiger partial charge in [0, 0.05) is 18.0 Å². The number of nitrogens with two attached hydrogens (primary N) is 1. The smallest absolute Gasteiger partial charge is 0.220 e. The van der Waals surface area contributed by atoms with Crippen LogP contribution in [0.25, 0.3) is 0 Å². The fraction of sp³-hybridized carbons (Fsp3) is 0.938. The molecule has 2 bridgehead atoms. The average Bonchev–Trinajstić information content (AvgIpc) is 2.72. The van der Waals surface area contributed by atoms with E-state index in [9.17, 15) is 4.79 Å². The molecular weight excluding hydrogens is 236 g/mol. The lowest BCUT2D eigenvalue weighted by Crippen LogP contribution is -2.52. The first-order valence-electron chi connectivity index (χ1n) is 7.63. The second-order valence-electron chi connectivity index (χ2n) is 8.40. The molecule has 3 heteroatoms. The van der Waals surface area contributed by atoms with Crippen molar-refractivity contribution < 1.29 is 4.79 Å². The van der Waals surface area contributed by atoms with Gasteiger partial charge in [0.2, 0.25) is 5.91 Å². The molecule has 3 atom stereocenters. The van der Waals surface area contributed by atoms with E-state index < -0.39 is 0 Å². The van der Waals surface area contributed by atoms with Gasteiger partial charge in [-0.1, -0.05) is 20.8 Å². The fourth-order valence-corrected chi connectivity index (χ4v) is 4.33. The first-order chi connectivity index (χ1) is 8.55. The van der Waals surface area contributed by atoms with Gasteiger partial charge in [0.15, 0.2) is 0 Å². The number of fused-ring (bicyclic) bond motifs is 2. The Kier molecular flexibility index (Phi) is 3.49. The molecule has 3 nitrogen and oxygen atoms in total.